The SMILES string of the molecule is CCC(=O)NC1CCCN(c2cccc(F)c2C#N)C1. The summed E-state index contributed by atoms with van der Waals surface area (Å²) in [4.78, 5) is 13.4. The summed E-state index contributed by atoms with van der Waals surface area (Å²) in [5.74, 6) is -0.471. The van der Waals surface area contributed by atoms with Crippen LogP contribution in [0.4, 0.5) is 10.1 Å². The number of rotatable bonds is 3. The van der Waals surface area contributed by atoms with E-state index in [0.29, 0.717) is 18.7 Å². The lowest BCUT2D eigenvalue weighted by Crippen LogP contribution is -2.47. The molecule has 2 rings (SSSR count). The van der Waals surface area contributed by atoms with Crippen LogP contribution in [-0.2, 0) is 4.79 Å². The Morgan fingerprint density at radius 3 is 3.10 bits per heavy atom. The molecule has 1 aliphatic heterocycles. The second-order valence-electron chi connectivity index (χ2n) is 4.95. The zero-order chi connectivity index (χ0) is 14.5. The van der Waals surface area contributed by atoms with Gasteiger partial charge in [-0.2, -0.15) is 5.26 Å². The van der Waals surface area contributed by atoms with Gasteiger partial charge in [0.1, 0.15) is 17.4 Å². The van der Waals surface area contributed by atoms with E-state index in [1.807, 2.05) is 17.9 Å². The van der Waals surface area contributed by atoms with Crippen molar-refractivity contribution in [2.24, 2.45) is 0 Å². The Balaban J connectivity index is 2.15. The van der Waals surface area contributed by atoms with E-state index in [2.05, 4.69) is 5.32 Å². The first kappa shape index (κ1) is 14.3. The highest BCUT2D eigenvalue weighted by Gasteiger charge is 2.23. The standard InChI is InChI=1S/C15H18FN3O/c1-2-15(20)18-11-5-4-8-19(10-11)14-7-3-6-13(16)12(14)9-17/h3,6-7,11H,2,4-5,8,10H2,1H3,(H,18,20). The van der Waals surface area contributed by atoms with Gasteiger partial charge in [-0.25, -0.2) is 4.39 Å². The number of hydrogen-bond acceptors (Lipinski definition) is 3. The zero-order valence-electron chi connectivity index (χ0n) is 11.5. The molecule has 1 aliphatic rings. The van der Waals surface area contributed by atoms with Crippen LogP contribution in [0.25, 0.3) is 0 Å². The monoisotopic (exact) mass is 275 g/mol. The Bertz CT molecular complexity index is 538. The van der Waals surface area contributed by atoms with Crippen LogP contribution in [0, 0.1) is 17.1 Å². The van der Waals surface area contributed by atoms with Crippen LogP contribution in [0.15, 0.2) is 18.2 Å². The number of anilines is 1. The molecular weight excluding hydrogens is 257 g/mol. The lowest BCUT2D eigenvalue weighted by Gasteiger charge is -2.35. The molecule has 4 nitrogen and oxygen atoms in total. The molecule has 1 amide bonds. The summed E-state index contributed by atoms with van der Waals surface area (Å²) in [6, 6.07) is 6.65. The van der Waals surface area contributed by atoms with Gasteiger partial charge in [0.2, 0.25) is 5.91 Å². The molecule has 0 bridgehead atoms. The number of benzene rings is 1. The third-order valence-electron chi connectivity index (χ3n) is 3.55. The molecule has 1 heterocycles. The van der Waals surface area contributed by atoms with Gasteiger partial charge in [0.25, 0.3) is 0 Å². The second-order valence-corrected chi connectivity index (χ2v) is 4.95. The Morgan fingerprint density at radius 2 is 2.40 bits per heavy atom. The number of carbonyl (C=O) groups excluding carboxylic acids is 1. The smallest absolute Gasteiger partial charge is 0.219 e. The summed E-state index contributed by atoms with van der Waals surface area (Å²) in [7, 11) is 0. The van der Waals surface area contributed by atoms with Crippen molar-refractivity contribution in [3.8, 4) is 6.07 Å². The van der Waals surface area contributed by atoms with Crippen molar-refractivity contribution < 1.29 is 9.18 Å². The van der Waals surface area contributed by atoms with Crippen LogP contribution in [0.2, 0.25) is 0 Å². The third-order valence-corrected chi connectivity index (χ3v) is 3.55. The van der Waals surface area contributed by atoms with Crippen molar-refractivity contribution >= 4 is 11.6 Å². The van der Waals surface area contributed by atoms with Crippen molar-refractivity contribution in [1.82, 2.24) is 5.32 Å². The fraction of sp³-hybridized carbons (Fsp3) is 0.467. The maximum atomic E-state index is 13.6. The van der Waals surface area contributed by atoms with Gasteiger partial charge < -0.3 is 10.2 Å². The summed E-state index contributed by atoms with van der Waals surface area (Å²) >= 11 is 0. The minimum Gasteiger partial charge on any atom is -0.368 e. The Labute approximate surface area is 118 Å². The average Bonchev–Trinajstić information content (AvgIpc) is 2.47. The van der Waals surface area contributed by atoms with Crippen LogP contribution in [0.5, 0.6) is 0 Å². The number of nitrogens with zero attached hydrogens (tertiary/aromatic N) is 2. The molecule has 0 radical (unpaired) electrons. The molecule has 1 aromatic rings. The predicted molar refractivity (Wildman–Crippen MR) is 74.8 cm³/mol. The highest BCUT2D eigenvalue weighted by molar-refractivity contribution is 5.76. The topological polar surface area (TPSA) is 56.1 Å². The first-order valence-electron chi connectivity index (χ1n) is 6.88. The van der Waals surface area contributed by atoms with E-state index < -0.39 is 5.82 Å². The number of piperidine rings is 1. The van der Waals surface area contributed by atoms with E-state index in [4.69, 9.17) is 5.26 Å². The fourth-order valence-corrected chi connectivity index (χ4v) is 2.53. The number of hydrogen-bond donors (Lipinski definition) is 1. The van der Waals surface area contributed by atoms with Gasteiger partial charge in [-0.3, -0.25) is 4.79 Å². The summed E-state index contributed by atoms with van der Waals surface area (Å²) < 4.78 is 13.6. The molecule has 0 spiro atoms. The van der Waals surface area contributed by atoms with E-state index in [1.54, 1.807) is 12.1 Å². The van der Waals surface area contributed by atoms with E-state index in [9.17, 15) is 9.18 Å². The van der Waals surface area contributed by atoms with Crippen molar-refractivity contribution in [3.05, 3.63) is 29.6 Å². The van der Waals surface area contributed by atoms with Crippen molar-refractivity contribution in [2.75, 3.05) is 18.0 Å². The average molecular weight is 275 g/mol. The van der Waals surface area contributed by atoms with Gasteiger partial charge in [-0.05, 0) is 25.0 Å². The molecule has 20 heavy (non-hydrogen) atoms. The maximum absolute atomic E-state index is 13.6. The molecular formula is C15H18FN3O. The predicted octanol–water partition coefficient (Wildman–Crippen LogP) is 2.19. The Morgan fingerprint density at radius 1 is 1.60 bits per heavy atom. The molecule has 1 fully saturated rings. The van der Waals surface area contributed by atoms with Gasteiger partial charge in [-0.1, -0.05) is 13.0 Å². The van der Waals surface area contributed by atoms with Gasteiger partial charge in [0, 0.05) is 25.6 Å². The maximum Gasteiger partial charge on any atom is 0.219 e. The van der Waals surface area contributed by atoms with Crippen LogP contribution in [0.1, 0.15) is 31.7 Å². The summed E-state index contributed by atoms with van der Waals surface area (Å²) in [6.07, 6.45) is 2.29. The first-order valence-corrected chi connectivity index (χ1v) is 6.88. The number of nitrogens with one attached hydrogen (secondary N) is 1. The summed E-state index contributed by atoms with van der Waals surface area (Å²) in [6.45, 7) is 3.21. The molecule has 1 saturated heterocycles. The first-order chi connectivity index (χ1) is 9.65. The third kappa shape index (κ3) is 3.08. The molecule has 1 N–H and O–H groups in total. The fourth-order valence-electron chi connectivity index (χ4n) is 2.53. The molecule has 5 heteroatoms. The normalized spacial score (nSPS) is 18.4. The molecule has 0 saturated carbocycles. The van der Waals surface area contributed by atoms with Crippen molar-refractivity contribution in [2.45, 2.75) is 32.2 Å². The van der Waals surface area contributed by atoms with Gasteiger partial charge in [-0.15, -0.1) is 0 Å². The van der Waals surface area contributed by atoms with E-state index in [1.165, 1.54) is 6.07 Å². The summed E-state index contributed by atoms with van der Waals surface area (Å²) in [5.41, 5.74) is 0.693. The minimum absolute atomic E-state index is 0.0246. The Kier molecular flexibility index (Phi) is 4.57. The van der Waals surface area contributed by atoms with E-state index in [-0.39, 0.29) is 17.5 Å². The highest BCUT2D eigenvalue weighted by atomic mass is 19.1. The van der Waals surface area contributed by atoms with Crippen LogP contribution in [-0.4, -0.2) is 25.0 Å². The van der Waals surface area contributed by atoms with Crippen LogP contribution < -0.4 is 10.2 Å². The van der Waals surface area contributed by atoms with Crippen LogP contribution in [0.3, 0.4) is 0 Å². The van der Waals surface area contributed by atoms with Gasteiger partial charge in [0.05, 0.1) is 5.69 Å². The molecule has 0 aliphatic carbocycles. The number of halogens is 1. The molecule has 1 unspecified atom stereocenters. The number of nitriles is 1. The van der Waals surface area contributed by atoms with E-state index >= 15 is 0 Å². The van der Waals surface area contributed by atoms with Gasteiger partial charge >= 0.3 is 0 Å². The number of amides is 1. The quantitative estimate of drug-likeness (QED) is 0.920. The largest absolute Gasteiger partial charge is 0.368 e. The summed E-state index contributed by atoms with van der Waals surface area (Å²) in [5, 5.41) is 12.1. The minimum atomic E-state index is -0.496. The lowest BCUT2D eigenvalue weighted by atomic mass is 10.0. The van der Waals surface area contributed by atoms with Crippen LogP contribution >= 0.6 is 0 Å². The Hall–Kier alpha value is -2.09. The second kappa shape index (κ2) is 6.38. The van der Waals surface area contributed by atoms with Gasteiger partial charge in [0.15, 0.2) is 0 Å². The number of carbonyl (C=O) groups is 1. The lowest BCUT2D eigenvalue weighted by molar-refractivity contribution is -0.121. The molecule has 1 atom stereocenters. The zero-order valence-corrected chi connectivity index (χ0v) is 11.5. The highest BCUT2D eigenvalue weighted by Crippen LogP contribution is 2.25. The molecule has 1 aromatic carbocycles. The van der Waals surface area contributed by atoms with Crippen molar-refractivity contribution in [3.63, 3.8) is 0 Å². The molecule has 106 valence electrons. The van der Waals surface area contributed by atoms with E-state index in [0.717, 1.165) is 19.4 Å². The molecule has 0 aromatic heterocycles. The van der Waals surface area contributed by atoms with Crippen molar-refractivity contribution in [1.29, 1.82) is 5.26 Å².